The lowest BCUT2D eigenvalue weighted by atomic mass is 10.3. The van der Waals surface area contributed by atoms with Gasteiger partial charge in [0.1, 0.15) is 4.88 Å². The Morgan fingerprint density at radius 3 is 2.78 bits per heavy atom. The molecule has 1 rings (SSSR count). The molecule has 4 N–H and O–H groups in total. The normalized spacial score (nSPS) is 10.7. The minimum absolute atomic E-state index is 0.0833. The van der Waals surface area contributed by atoms with E-state index in [0.717, 1.165) is 24.5 Å². The van der Waals surface area contributed by atoms with Crippen molar-refractivity contribution in [3.05, 3.63) is 10.9 Å². The molecule has 0 fully saturated rings. The van der Waals surface area contributed by atoms with Crippen molar-refractivity contribution in [2.45, 2.75) is 13.3 Å². The van der Waals surface area contributed by atoms with Gasteiger partial charge in [-0.05, 0) is 26.6 Å². The molecule has 0 aromatic carbocycles. The number of nitrogens with zero attached hydrogens (tertiary/aromatic N) is 1. The molecule has 18 heavy (non-hydrogen) atoms. The quantitative estimate of drug-likeness (QED) is 0.701. The molecule has 0 aliphatic rings. The number of hydrogen-bond donors (Lipinski definition) is 3. The van der Waals surface area contributed by atoms with Crippen LogP contribution in [0.2, 0.25) is 0 Å². The van der Waals surface area contributed by atoms with Gasteiger partial charge in [-0.2, -0.15) is 0 Å². The summed E-state index contributed by atoms with van der Waals surface area (Å²) in [5.41, 5.74) is 6.39. The van der Waals surface area contributed by atoms with Gasteiger partial charge in [0, 0.05) is 19.6 Å². The lowest BCUT2D eigenvalue weighted by Gasteiger charge is -2.09. The van der Waals surface area contributed by atoms with Gasteiger partial charge in [0.2, 0.25) is 0 Å². The van der Waals surface area contributed by atoms with Crippen LogP contribution in [0.4, 0.5) is 10.7 Å². The molecule has 0 aliphatic heterocycles. The van der Waals surface area contributed by atoms with Crippen LogP contribution in [-0.2, 0) is 0 Å². The van der Waals surface area contributed by atoms with E-state index < -0.39 is 0 Å². The van der Waals surface area contributed by atoms with E-state index in [1.165, 1.54) is 11.3 Å². The second-order valence-electron chi connectivity index (χ2n) is 4.38. The number of carbonyl (C=O) groups is 1. The Labute approximate surface area is 112 Å². The topological polar surface area (TPSA) is 70.4 Å². The second kappa shape index (κ2) is 7.23. The smallest absolute Gasteiger partial charge is 0.263 e. The summed E-state index contributed by atoms with van der Waals surface area (Å²) in [7, 11) is 4.04. The average Bonchev–Trinajstić information content (AvgIpc) is 2.67. The van der Waals surface area contributed by atoms with Gasteiger partial charge in [-0.25, -0.2) is 0 Å². The Bertz CT molecular complexity index is 389. The van der Waals surface area contributed by atoms with Gasteiger partial charge in [0.05, 0.1) is 10.7 Å². The van der Waals surface area contributed by atoms with Gasteiger partial charge >= 0.3 is 0 Å². The van der Waals surface area contributed by atoms with E-state index in [9.17, 15) is 4.79 Å². The van der Waals surface area contributed by atoms with Crippen LogP contribution in [0.5, 0.6) is 0 Å². The third-order valence-electron chi connectivity index (χ3n) is 2.36. The highest BCUT2D eigenvalue weighted by molar-refractivity contribution is 7.18. The van der Waals surface area contributed by atoms with Crippen LogP contribution >= 0.6 is 11.3 Å². The number of carbonyl (C=O) groups excluding carboxylic acids is 1. The minimum Gasteiger partial charge on any atom is -0.397 e. The maximum absolute atomic E-state index is 11.8. The van der Waals surface area contributed by atoms with Crippen molar-refractivity contribution < 1.29 is 4.79 Å². The Morgan fingerprint density at radius 1 is 1.44 bits per heavy atom. The van der Waals surface area contributed by atoms with Gasteiger partial charge in [0.15, 0.2) is 0 Å². The van der Waals surface area contributed by atoms with Crippen molar-refractivity contribution >= 4 is 27.9 Å². The van der Waals surface area contributed by atoms with Crippen LogP contribution in [0.15, 0.2) is 6.07 Å². The van der Waals surface area contributed by atoms with Crippen LogP contribution in [0.3, 0.4) is 0 Å². The summed E-state index contributed by atoms with van der Waals surface area (Å²) >= 11 is 1.40. The van der Waals surface area contributed by atoms with Crippen LogP contribution in [-0.4, -0.2) is 44.5 Å². The predicted octanol–water partition coefficient (Wildman–Crippen LogP) is 1.44. The van der Waals surface area contributed by atoms with Crippen molar-refractivity contribution in [3.63, 3.8) is 0 Å². The van der Waals surface area contributed by atoms with Crippen LogP contribution in [0.25, 0.3) is 0 Å². The molecule has 6 heteroatoms. The minimum atomic E-state index is -0.0833. The fraction of sp³-hybridized carbons (Fsp3) is 0.583. The summed E-state index contributed by atoms with van der Waals surface area (Å²) in [6.45, 7) is 4.48. The molecule has 0 radical (unpaired) electrons. The number of nitrogens with two attached hydrogens (primary N) is 1. The predicted molar refractivity (Wildman–Crippen MR) is 78.4 cm³/mol. The highest BCUT2D eigenvalue weighted by atomic mass is 32.1. The first-order valence-corrected chi connectivity index (χ1v) is 6.92. The maximum Gasteiger partial charge on any atom is 0.263 e. The third-order valence-corrected chi connectivity index (χ3v) is 3.47. The van der Waals surface area contributed by atoms with E-state index in [1.54, 1.807) is 0 Å². The molecular formula is C12H22N4OS. The number of amides is 1. The van der Waals surface area contributed by atoms with Gasteiger partial charge < -0.3 is 21.3 Å². The first-order valence-electron chi connectivity index (χ1n) is 6.10. The Kier molecular flexibility index (Phi) is 5.94. The molecule has 0 unspecified atom stereocenters. The molecule has 0 saturated carbocycles. The van der Waals surface area contributed by atoms with E-state index in [-0.39, 0.29) is 5.91 Å². The summed E-state index contributed by atoms with van der Waals surface area (Å²) in [6.07, 6.45) is 0.922. The molecule has 1 aromatic heterocycles. The van der Waals surface area contributed by atoms with E-state index in [1.807, 2.05) is 27.1 Å². The Balaban J connectivity index is 2.55. The van der Waals surface area contributed by atoms with E-state index in [0.29, 0.717) is 17.1 Å². The second-order valence-corrected chi connectivity index (χ2v) is 5.43. The lowest BCUT2D eigenvalue weighted by molar-refractivity contribution is 0.0958. The first kappa shape index (κ1) is 14.8. The SMILES string of the molecule is CCCNC(=O)c1sc(NCCN(C)C)cc1N. The zero-order chi connectivity index (χ0) is 13.5. The number of hydrogen-bond acceptors (Lipinski definition) is 5. The van der Waals surface area contributed by atoms with E-state index >= 15 is 0 Å². The van der Waals surface area contributed by atoms with Crippen molar-refractivity contribution in [1.29, 1.82) is 0 Å². The molecule has 0 saturated heterocycles. The molecule has 0 aliphatic carbocycles. The van der Waals surface area contributed by atoms with Crippen LogP contribution in [0, 0.1) is 0 Å². The monoisotopic (exact) mass is 270 g/mol. The average molecular weight is 270 g/mol. The number of nitrogen functional groups attached to an aromatic ring is 1. The van der Waals surface area contributed by atoms with Crippen LogP contribution in [0.1, 0.15) is 23.0 Å². The standard InChI is InChI=1S/C12H22N4OS/c1-4-5-15-12(17)11-9(13)8-10(18-11)14-6-7-16(2)3/h8,14H,4-7,13H2,1-3H3,(H,15,17). The summed E-state index contributed by atoms with van der Waals surface area (Å²) in [4.78, 5) is 14.5. The largest absolute Gasteiger partial charge is 0.397 e. The van der Waals surface area contributed by atoms with E-state index in [2.05, 4.69) is 15.5 Å². The summed E-state index contributed by atoms with van der Waals surface area (Å²) in [6, 6.07) is 1.82. The molecule has 0 bridgehead atoms. The highest BCUT2D eigenvalue weighted by Crippen LogP contribution is 2.28. The van der Waals surface area contributed by atoms with Gasteiger partial charge in [0.25, 0.3) is 5.91 Å². The van der Waals surface area contributed by atoms with Crippen molar-refractivity contribution in [2.24, 2.45) is 0 Å². The molecular weight excluding hydrogens is 248 g/mol. The molecule has 1 heterocycles. The molecule has 0 spiro atoms. The Morgan fingerprint density at radius 2 is 2.17 bits per heavy atom. The third kappa shape index (κ3) is 4.54. The zero-order valence-corrected chi connectivity index (χ0v) is 12.1. The number of anilines is 2. The summed E-state index contributed by atoms with van der Waals surface area (Å²) < 4.78 is 0. The van der Waals surface area contributed by atoms with Crippen molar-refractivity contribution in [2.75, 3.05) is 44.8 Å². The highest BCUT2D eigenvalue weighted by Gasteiger charge is 2.13. The molecule has 1 aromatic rings. The fourth-order valence-corrected chi connectivity index (χ4v) is 2.31. The molecule has 0 atom stereocenters. The molecule has 102 valence electrons. The first-order chi connectivity index (χ1) is 8.54. The van der Waals surface area contributed by atoms with Crippen LogP contribution < -0.4 is 16.4 Å². The molecule has 5 nitrogen and oxygen atoms in total. The zero-order valence-electron chi connectivity index (χ0n) is 11.2. The van der Waals surface area contributed by atoms with Crippen molar-refractivity contribution in [1.82, 2.24) is 10.2 Å². The number of likely N-dealkylation sites (N-methyl/N-ethyl adjacent to an activating group) is 1. The summed E-state index contributed by atoms with van der Waals surface area (Å²) in [5, 5.41) is 7.04. The molecule has 1 amide bonds. The van der Waals surface area contributed by atoms with Crippen molar-refractivity contribution in [3.8, 4) is 0 Å². The number of rotatable bonds is 7. The number of thiophene rings is 1. The maximum atomic E-state index is 11.8. The van der Waals surface area contributed by atoms with Gasteiger partial charge in [-0.15, -0.1) is 11.3 Å². The summed E-state index contributed by atoms with van der Waals surface area (Å²) in [5.74, 6) is -0.0833. The Hall–Kier alpha value is -1.27. The fourth-order valence-electron chi connectivity index (χ4n) is 1.39. The number of nitrogens with one attached hydrogen (secondary N) is 2. The lowest BCUT2D eigenvalue weighted by Crippen LogP contribution is -2.23. The van der Waals surface area contributed by atoms with E-state index in [4.69, 9.17) is 5.73 Å². The van der Waals surface area contributed by atoms with Gasteiger partial charge in [-0.1, -0.05) is 6.92 Å². The van der Waals surface area contributed by atoms with Gasteiger partial charge in [-0.3, -0.25) is 4.79 Å².